The van der Waals surface area contributed by atoms with Crippen LogP contribution in [0.1, 0.15) is 25.7 Å². The van der Waals surface area contributed by atoms with Crippen LogP contribution < -0.4 is 0 Å². The Bertz CT molecular complexity index is 272. The fraction of sp³-hybridized carbons (Fsp3) is 0.778. The molecule has 5 heteroatoms. The number of aliphatic carboxylic acids is 1. The van der Waals surface area contributed by atoms with Gasteiger partial charge < -0.3 is 9.84 Å². The van der Waals surface area contributed by atoms with E-state index in [-0.39, 0.29) is 12.5 Å². The fourth-order valence-electron chi connectivity index (χ4n) is 2.23. The molecule has 5 nitrogen and oxygen atoms in total. The number of carbonyl (C=O) groups excluding carboxylic acids is 1. The topological polar surface area (TPSA) is 66.8 Å². The van der Waals surface area contributed by atoms with Gasteiger partial charge in [-0.3, -0.25) is 9.69 Å². The molecule has 1 aliphatic carbocycles. The van der Waals surface area contributed by atoms with Crippen molar-refractivity contribution in [1.29, 1.82) is 0 Å². The lowest BCUT2D eigenvalue weighted by atomic mass is 9.73. The van der Waals surface area contributed by atoms with E-state index in [9.17, 15) is 9.59 Å². The maximum atomic E-state index is 11.3. The highest BCUT2D eigenvalue weighted by Gasteiger charge is 2.48. The average molecular weight is 199 g/mol. The van der Waals surface area contributed by atoms with Gasteiger partial charge in [-0.2, -0.15) is 0 Å². The molecule has 2 fully saturated rings. The van der Waals surface area contributed by atoms with Crippen LogP contribution in [-0.4, -0.2) is 40.8 Å². The van der Waals surface area contributed by atoms with E-state index < -0.39 is 11.5 Å². The van der Waals surface area contributed by atoms with Gasteiger partial charge in [0, 0.05) is 0 Å². The Morgan fingerprint density at radius 3 is 2.64 bits per heavy atom. The molecule has 2 aliphatic rings. The van der Waals surface area contributed by atoms with Crippen molar-refractivity contribution in [2.75, 3.05) is 13.2 Å². The molecule has 1 heterocycles. The normalized spacial score (nSPS) is 24.3. The second-order valence-electron chi connectivity index (χ2n) is 3.91. The van der Waals surface area contributed by atoms with E-state index in [2.05, 4.69) is 0 Å². The molecule has 0 atom stereocenters. The van der Waals surface area contributed by atoms with Gasteiger partial charge in [0.05, 0.1) is 18.5 Å². The minimum atomic E-state index is -0.843. The zero-order valence-corrected chi connectivity index (χ0v) is 7.86. The van der Waals surface area contributed by atoms with Crippen molar-refractivity contribution in [3.05, 3.63) is 0 Å². The Kier molecular flexibility index (Phi) is 2.09. The second-order valence-corrected chi connectivity index (χ2v) is 3.91. The van der Waals surface area contributed by atoms with E-state index in [4.69, 9.17) is 9.84 Å². The number of ether oxygens (including phenoxy) is 1. The maximum absolute atomic E-state index is 11.3. The number of hydrogen-bond acceptors (Lipinski definition) is 3. The Morgan fingerprint density at radius 1 is 1.57 bits per heavy atom. The summed E-state index contributed by atoms with van der Waals surface area (Å²) in [7, 11) is 0. The largest absolute Gasteiger partial charge is 0.481 e. The summed E-state index contributed by atoms with van der Waals surface area (Å²) in [5.41, 5.74) is -0.445. The van der Waals surface area contributed by atoms with Crippen LogP contribution in [0.4, 0.5) is 4.79 Å². The zero-order valence-electron chi connectivity index (χ0n) is 7.86. The first-order chi connectivity index (χ1) is 6.64. The van der Waals surface area contributed by atoms with Crippen molar-refractivity contribution in [1.82, 2.24) is 4.90 Å². The summed E-state index contributed by atoms with van der Waals surface area (Å²) in [5.74, 6) is -0.843. The average Bonchev–Trinajstić information content (AvgIpc) is 2.44. The fourth-order valence-corrected chi connectivity index (χ4v) is 2.23. The Morgan fingerprint density at radius 2 is 2.29 bits per heavy atom. The summed E-state index contributed by atoms with van der Waals surface area (Å²) in [4.78, 5) is 23.6. The molecule has 1 saturated carbocycles. The van der Waals surface area contributed by atoms with Gasteiger partial charge in [0.25, 0.3) is 0 Å². The molecule has 2 rings (SSSR count). The molecule has 1 N–H and O–H groups in total. The summed E-state index contributed by atoms with van der Waals surface area (Å²) in [6.45, 7) is 0.923. The van der Waals surface area contributed by atoms with Crippen molar-refractivity contribution in [2.24, 2.45) is 0 Å². The lowest BCUT2D eigenvalue weighted by molar-refractivity contribution is -0.141. The molecule has 0 aromatic heterocycles. The van der Waals surface area contributed by atoms with E-state index in [1.165, 1.54) is 0 Å². The van der Waals surface area contributed by atoms with Crippen LogP contribution in [0, 0.1) is 0 Å². The number of cyclic esters (lactones) is 1. The lowest BCUT2D eigenvalue weighted by Crippen LogP contribution is -2.55. The van der Waals surface area contributed by atoms with Crippen molar-refractivity contribution < 1.29 is 19.4 Å². The molecular weight excluding hydrogens is 186 g/mol. The van der Waals surface area contributed by atoms with E-state index >= 15 is 0 Å². The van der Waals surface area contributed by atoms with E-state index in [0.29, 0.717) is 13.2 Å². The summed E-state index contributed by atoms with van der Waals surface area (Å²) < 4.78 is 4.82. The number of carboxylic acids is 1. The molecule has 0 radical (unpaired) electrons. The third-order valence-corrected chi connectivity index (χ3v) is 3.10. The van der Waals surface area contributed by atoms with E-state index in [1.54, 1.807) is 4.90 Å². The molecule has 1 saturated heterocycles. The van der Waals surface area contributed by atoms with Crippen LogP contribution in [0.2, 0.25) is 0 Å². The van der Waals surface area contributed by atoms with Crippen LogP contribution in [0.25, 0.3) is 0 Å². The van der Waals surface area contributed by atoms with Crippen molar-refractivity contribution in [2.45, 2.75) is 31.2 Å². The van der Waals surface area contributed by atoms with Gasteiger partial charge >= 0.3 is 12.1 Å². The number of carbonyl (C=O) groups is 2. The number of carboxylic acid groups (broad SMARTS) is 1. The van der Waals surface area contributed by atoms with Gasteiger partial charge in [-0.15, -0.1) is 0 Å². The van der Waals surface area contributed by atoms with Crippen molar-refractivity contribution in [3.63, 3.8) is 0 Å². The highest BCUT2D eigenvalue weighted by Crippen LogP contribution is 2.41. The van der Waals surface area contributed by atoms with Gasteiger partial charge in [0.1, 0.15) is 6.61 Å². The predicted molar refractivity (Wildman–Crippen MR) is 46.9 cm³/mol. The van der Waals surface area contributed by atoms with Crippen LogP contribution in [0.5, 0.6) is 0 Å². The SMILES string of the molecule is O=C(O)CC1(N2CCOC2=O)CCC1. The van der Waals surface area contributed by atoms with Gasteiger partial charge in [-0.25, -0.2) is 4.79 Å². The summed E-state index contributed by atoms with van der Waals surface area (Å²) in [6.07, 6.45) is 2.26. The smallest absolute Gasteiger partial charge is 0.410 e. The first kappa shape index (κ1) is 9.30. The minimum Gasteiger partial charge on any atom is -0.481 e. The zero-order chi connectivity index (χ0) is 10.2. The van der Waals surface area contributed by atoms with Gasteiger partial charge in [0.2, 0.25) is 0 Å². The Hall–Kier alpha value is -1.26. The molecule has 0 spiro atoms. The summed E-state index contributed by atoms with van der Waals surface area (Å²) in [5, 5.41) is 8.78. The lowest BCUT2D eigenvalue weighted by Gasteiger charge is -2.46. The molecular formula is C9H13NO4. The van der Waals surface area contributed by atoms with Crippen LogP contribution in [0.3, 0.4) is 0 Å². The second kappa shape index (κ2) is 3.15. The first-order valence-electron chi connectivity index (χ1n) is 4.80. The first-order valence-corrected chi connectivity index (χ1v) is 4.80. The third kappa shape index (κ3) is 1.32. The number of hydrogen-bond donors (Lipinski definition) is 1. The summed E-state index contributed by atoms with van der Waals surface area (Å²) >= 11 is 0. The van der Waals surface area contributed by atoms with Gasteiger partial charge in [0.15, 0.2) is 0 Å². The van der Waals surface area contributed by atoms with E-state index in [0.717, 1.165) is 19.3 Å². The number of rotatable bonds is 3. The molecule has 78 valence electrons. The predicted octanol–water partition coefficient (Wildman–Crippen LogP) is 0.836. The molecule has 0 unspecified atom stereocenters. The van der Waals surface area contributed by atoms with E-state index in [1.807, 2.05) is 0 Å². The number of nitrogens with zero attached hydrogens (tertiary/aromatic N) is 1. The molecule has 1 aliphatic heterocycles. The van der Waals surface area contributed by atoms with Gasteiger partial charge in [-0.05, 0) is 19.3 Å². The highest BCUT2D eigenvalue weighted by molar-refractivity contribution is 5.74. The summed E-state index contributed by atoms with van der Waals surface area (Å²) in [6, 6.07) is 0. The Balaban J connectivity index is 2.11. The molecule has 0 bridgehead atoms. The molecule has 0 aromatic carbocycles. The molecule has 1 amide bonds. The van der Waals surface area contributed by atoms with Crippen LogP contribution in [0.15, 0.2) is 0 Å². The Labute approximate surface area is 81.6 Å². The van der Waals surface area contributed by atoms with Crippen molar-refractivity contribution >= 4 is 12.1 Å². The van der Waals surface area contributed by atoms with Gasteiger partial charge in [-0.1, -0.05) is 0 Å². The quantitative estimate of drug-likeness (QED) is 0.731. The minimum absolute atomic E-state index is 0.0437. The molecule has 14 heavy (non-hydrogen) atoms. The molecule has 0 aromatic rings. The monoisotopic (exact) mass is 199 g/mol. The number of amides is 1. The highest BCUT2D eigenvalue weighted by atomic mass is 16.6. The van der Waals surface area contributed by atoms with Crippen molar-refractivity contribution in [3.8, 4) is 0 Å². The van der Waals surface area contributed by atoms with Crippen LogP contribution >= 0.6 is 0 Å². The maximum Gasteiger partial charge on any atom is 0.410 e. The standard InChI is InChI=1S/C9H13NO4/c11-7(12)6-9(2-1-3-9)10-4-5-14-8(10)13/h1-6H2,(H,11,12). The third-order valence-electron chi connectivity index (χ3n) is 3.10. The van der Waals surface area contributed by atoms with Crippen LogP contribution in [-0.2, 0) is 9.53 Å².